The van der Waals surface area contributed by atoms with Crippen LogP contribution < -0.4 is 0 Å². The highest BCUT2D eigenvalue weighted by Crippen LogP contribution is 2.33. The summed E-state index contributed by atoms with van der Waals surface area (Å²) in [4.78, 5) is 14.8. The quantitative estimate of drug-likeness (QED) is 0.218. The lowest BCUT2D eigenvalue weighted by Gasteiger charge is -2.10. The molecule has 180 valence electrons. The lowest BCUT2D eigenvalue weighted by atomic mass is 10.0. The molecule has 0 atom stereocenters. The third kappa shape index (κ3) is 4.17. The molecule has 0 N–H and O–H groups in total. The average molecular weight is 554 g/mol. The molecular formula is C33H20BrN3O. The molecule has 0 unspecified atom stereocenters. The van der Waals surface area contributed by atoms with Crippen LogP contribution in [-0.4, -0.2) is 15.0 Å². The molecule has 0 bridgehead atoms. The molecule has 2 aromatic heterocycles. The van der Waals surface area contributed by atoms with Gasteiger partial charge in [0.05, 0.1) is 0 Å². The molecule has 0 amide bonds. The molecule has 0 aliphatic rings. The van der Waals surface area contributed by atoms with Gasteiger partial charge in [-0.25, -0.2) is 15.0 Å². The van der Waals surface area contributed by atoms with Gasteiger partial charge >= 0.3 is 0 Å². The minimum absolute atomic E-state index is 0.620. The van der Waals surface area contributed by atoms with Crippen molar-refractivity contribution in [1.29, 1.82) is 0 Å². The third-order valence-electron chi connectivity index (χ3n) is 6.60. The summed E-state index contributed by atoms with van der Waals surface area (Å²) in [6, 6.07) is 40.8. The van der Waals surface area contributed by atoms with Gasteiger partial charge in [-0.15, -0.1) is 0 Å². The summed E-state index contributed by atoms with van der Waals surface area (Å²) in [5, 5.41) is 2.11. The molecule has 0 radical (unpaired) electrons. The molecular weight excluding hydrogens is 534 g/mol. The predicted molar refractivity (Wildman–Crippen MR) is 157 cm³/mol. The lowest BCUT2D eigenvalue weighted by molar-refractivity contribution is 0.669. The first kappa shape index (κ1) is 22.6. The van der Waals surface area contributed by atoms with Gasteiger partial charge < -0.3 is 4.42 Å². The first-order valence-electron chi connectivity index (χ1n) is 12.3. The smallest absolute Gasteiger partial charge is 0.164 e. The van der Waals surface area contributed by atoms with Gasteiger partial charge in [0.25, 0.3) is 0 Å². The van der Waals surface area contributed by atoms with Gasteiger partial charge in [0, 0.05) is 31.9 Å². The Morgan fingerprint density at radius 1 is 0.421 bits per heavy atom. The van der Waals surface area contributed by atoms with Crippen LogP contribution in [-0.2, 0) is 0 Å². The van der Waals surface area contributed by atoms with Gasteiger partial charge in [0.15, 0.2) is 17.5 Å². The topological polar surface area (TPSA) is 51.8 Å². The molecule has 0 fully saturated rings. The monoisotopic (exact) mass is 553 g/mol. The number of fused-ring (bicyclic) bond motifs is 3. The predicted octanol–water partition coefficient (Wildman–Crippen LogP) is 9.20. The van der Waals surface area contributed by atoms with E-state index in [1.165, 1.54) is 0 Å². The Hall–Kier alpha value is -4.61. The Labute approximate surface area is 227 Å². The second kappa shape index (κ2) is 9.36. The maximum Gasteiger partial charge on any atom is 0.164 e. The molecule has 0 aliphatic carbocycles. The van der Waals surface area contributed by atoms with E-state index in [0.717, 1.165) is 54.2 Å². The summed E-state index contributed by atoms with van der Waals surface area (Å²) in [5.74, 6) is 1.89. The number of aromatic nitrogens is 3. The van der Waals surface area contributed by atoms with E-state index in [1.807, 2.05) is 84.9 Å². The number of benzene rings is 5. The highest BCUT2D eigenvalue weighted by atomic mass is 79.9. The van der Waals surface area contributed by atoms with Crippen LogP contribution in [0.3, 0.4) is 0 Å². The summed E-state index contributed by atoms with van der Waals surface area (Å²) < 4.78 is 7.09. The largest absolute Gasteiger partial charge is 0.456 e. The van der Waals surface area contributed by atoms with E-state index in [1.54, 1.807) is 0 Å². The number of rotatable bonds is 4. The van der Waals surface area contributed by atoms with Crippen LogP contribution in [0, 0.1) is 0 Å². The Kier molecular flexibility index (Phi) is 5.56. The van der Waals surface area contributed by atoms with Crippen molar-refractivity contribution >= 4 is 37.9 Å². The van der Waals surface area contributed by atoms with Gasteiger partial charge in [0.1, 0.15) is 11.2 Å². The molecule has 0 saturated carbocycles. The standard InChI is InChI=1S/C33H20BrN3O/c34-26-16-13-21(14-17-26)23-9-6-10-24(19-23)32-35-31(22-7-2-1-3-8-22)36-33(37-32)25-15-18-30-28(20-25)27-11-4-5-12-29(27)38-30/h1-20H. The highest BCUT2D eigenvalue weighted by molar-refractivity contribution is 9.10. The van der Waals surface area contributed by atoms with Gasteiger partial charge in [0.2, 0.25) is 0 Å². The molecule has 38 heavy (non-hydrogen) atoms. The lowest BCUT2D eigenvalue weighted by Crippen LogP contribution is -2.00. The van der Waals surface area contributed by atoms with E-state index < -0.39 is 0 Å². The van der Waals surface area contributed by atoms with Gasteiger partial charge in [-0.05, 0) is 53.6 Å². The summed E-state index contributed by atoms with van der Waals surface area (Å²) >= 11 is 3.52. The molecule has 0 aliphatic heterocycles. The zero-order valence-electron chi connectivity index (χ0n) is 20.2. The normalized spacial score (nSPS) is 11.3. The number of hydrogen-bond acceptors (Lipinski definition) is 4. The molecule has 5 aromatic carbocycles. The van der Waals surface area contributed by atoms with Crippen molar-refractivity contribution in [3.8, 4) is 45.3 Å². The van der Waals surface area contributed by atoms with Gasteiger partial charge in [-0.3, -0.25) is 0 Å². The van der Waals surface area contributed by atoms with Crippen LogP contribution in [0.1, 0.15) is 0 Å². The second-order valence-electron chi connectivity index (χ2n) is 9.07. The maximum atomic E-state index is 6.04. The molecule has 4 nitrogen and oxygen atoms in total. The summed E-state index contributed by atoms with van der Waals surface area (Å²) in [6.45, 7) is 0. The number of halogens is 1. The number of furan rings is 1. The first-order chi connectivity index (χ1) is 18.7. The van der Waals surface area contributed by atoms with Crippen molar-refractivity contribution in [2.24, 2.45) is 0 Å². The van der Waals surface area contributed by atoms with Crippen LogP contribution in [0.5, 0.6) is 0 Å². The van der Waals surface area contributed by atoms with Crippen molar-refractivity contribution < 1.29 is 4.42 Å². The minimum atomic E-state index is 0.620. The third-order valence-corrected chi connectivity index (χ3v) is 7.13. The first-order valence-corrected chi connectivity index (χ1v) is 13.1. The zero-order chi connectivity index (χ0) is 25.5. The maximum absolute atomic E-state index is 6.04. The summed E-state index contributed by atoms with van der Waals surface area (Å²) in [7, 11) is 0. The fourth-order valence-corrected chi connectivity index (χ4v) is 4.96. The Morgan fingerprint density at radius 2 is 1.00 bits per heavy atom. The number of nitrogens with zero attached hydrogens (tertiary/aromatic N) is 3. The van der Waals surface area contributed by atoms with E-state index in [2.05, 4.69) is 52.3 Å². The number of hydrogen-bond donors (Lipinski definition) is 0. The van der Waals surface area contributed by atoms with Gasteiger partial charge in [-0.2, -0.15) is 0 Å². The zero-order valence-corrected chi connectivity index (χ0v) is 21.8. The van der Waals surface area contributed by atoms with Gasteiger partial charge in [-0.1, -0.05) is 94.8 Å². The Bertz CT molecular complexity index is 1930. The van der Waals surface area contributed by atoms with Crippen molar-refractivity contribution in [2.45, 2.75) is 0 Å². The average Bonchev–Trinajstić information content (AvgIpc) is 3.36. The fourth-order valence-electron chi connectivity index (χ4n) is 4.70. The molecule has 2 heterocycles. The SMILES string of the molecule is Brc1ccc(-c2cccc(-c3nc(-c4ccccc4)nc(-c4ccc5oc6ccccc6c5c4)n3)c2)cc1. The van der Waals surface area contributed by atoms with E-state index in [0.29, 0.717) is 17.5 Å². The van der Waals surface area contributed by atoms with Crippen molar-refractivity contribution in [3.63, 3.8) is 0 Å². The van der Waals surface area contributed by atoms with Crippen LogP contribution in [0.15, 0.2) is 130 Å². The number of para-hydroxylation sites is 1. The van der Waals surface area contributed by atoms with Crippen LogP contribution in [0.2, 0.25) is 0 Å². The van der Waals surface area contributed by atoms with E-state index >= 15 is 0 Å². The molecule has 5 heteroatoms. The van der Waals surface area contributed by atoms with Crippen LogP contribution in [0.25, 0.3) is 67.2 Å². The minimum Gasteiger partial charge on any atom is -0.456 e. The van der Waals surface area contributed by atoms with Crippen LogP contribution in [0.4, 0.5) is 0 Å². The molecule has 0 spiro atoms. The summed E-state index contributed by atoms with van der Waals surface area (Å²) in [6.07, 6.45) is 0. The fraction of sp³-hybridized carbons (Fsp3) is 0. The Balaban J connectivity index is 1.40. The highest BCUT2D eigenvalue weighted by Gasteiger charge is 2.15. The Morgan fingerprint density at radius 3 is 1.79 bits per heavy atom. The van der Waals surface area contributed by atoms with E-state index in [-0.39, 0.29) is 0 Å². The molecule has 7 aromatic rings. The van der Waals surface area contributed by atoms with Crippen LogP contribution >= 0.6 is 15.9 Å². The van der Waals surface area contributed by atoms with Crippen molar-refractivity contribution in [3.05, 3.63) is 126 Å². The second-order valence-corrected chi connectivity index (χ2v) is 9.98. The van der Waals surface area contributed by atoms with E-state index in [9.17, 15) is 0 Å². The van der Waals surface area contributed by atoms with Crippen molar-refractivity contribution in [2.75, 3.05) is 0 Å². The van der Waals surface area contributed by atoms with Crippen molar-refractivity contribution in [1.82, 2.24) is 15.0 Å². The van der Waals surface area contributed by atoms with E-state index in [4.69, 9.17) is 19.4 Å². The molecule has 0 saturated heterocycles. The molecule has 7 rings (SSSR count). The summed E-state index contributed by atoms with van der Waals surface area (Å²) in [5.41, 5.74) is 6.72.